The van der Waals surface area contributed by atoms with Gasteiger partial charge in [0.1, 0.15) is 12.6 Å². The van der Waals surface area contributed by atoms with E-state index in [2.05, 4.69) is 21.2 Å². The fourth-order valence-electron chi connectivity index (χ4n) is 3.95. The lowest BCUT2D eigenvalue weighted by Gasteiger charge is -2.32. The first-order valence-electron chi connectivity index (χ1n) is 12.8. The zero-order chi connectivity index (χ0) is 29.4. The Labute approximate surface area is 254 Å². The van der Waals surface area contributed by atoms with E-state index in [1.165, 1.54) is 35.2 Å². The molecule has 1 N–H and O–H groups in total. The van der Waals surface area contributed by atoms with E-state index in [1.807, 2.05) is 38.1 Å². The molecule has 2 amide bonds. The van der Waals surface area contributed by atoms with Gasteiger partial charge in [0.05, 0.1) is 10.6 Å². The van der Waals surface area contributed by atoms with Gasteiger partial charge in [0.25, 0.3) is 10.0 Å². The van der Waals surface area contributed by atoms with Crippen molar-refractivity contribution < 1.29 is 18.0 Å². The Morgan fingerprint density at radius 1 is 0.975 bits per heavy atom. The third-order valence-corrected chi connectivity index (χ3v) is 9.04. The van der Waals surface area contributed by atoms with Crippen molar-refractivity contribution in [2.45, 2.75) is 51.1 Å². The molecule has 0 aliphatic heterocycles. The summed E-state index contributed by atoms with van der Waals surface area (Å²) in [5, 5.41) is 3.30. The maximum atomic E-state index is 13.9. The average molecular weight is 669 g/mol. The van der Waals surface area contributed by atoms with Crippen LogP contribution in [-0.4, -0.2) is 44.3 Å². The fraction of sp³-hybridized carbons (Fsp3) is 0.310. The lowest BCUT2D eigenvalue weighted by molar-refractivity contribution is -0.139. The Kier molecular flexibility index (Phi) is 11.5. The largest absolute Gasteiger partial charge is 0.354 e. The van der Waals surface area contributed by atoms with Crippen LogP contribution in [0.4, 0.5) is 5.69 Å². The summed E-state index contributed by atoms with van der Waals surface area (Å²) >= 11 is 15.9. The molecule has 11 heteroatoms. The molecule has 0 aromatic heterocycles. The molecule has 3 rings (SSSR count). The van der Waals surface area contributed by atoms with E-state index in [-0.39, 0.29) is 33.1 Å². The number of nitrogens with zero attached hydrogens (tertiary/aromatic N) is 2. The Morgan fingerprint density at radius 2 is 1.57 bits per heavy atom. The molecule has 1 atom stereocenters. The highest BCUT2D eigenvalue weighted by atomic mass is 79.9. The van der Waals surface area contributed by atoms with Crippen LogP contribution in [0, 0.1) is 6.92 Å². The van der Waals surface area contributed by atoms with Crippen molar-refractivity contribution >= 4 is 66.7 Å². The molecule has 7 nitrogen and oxygen atoms in total. The molecule has 0 radical (unpaired) electrons. The van der Waals surface area contributed by atoms with Crippen LogP contribution in [0.3, 0.4) is 0 Å². The van der Waals surface area contributed by atoms with Gasteiger partial charge >= 0.3 is 0 Å². The smallest absolute Gasteiger partial charge is 0.264 e. The van der Waals surface area contributed by atoms with Crippen LogP contribution in [0.1, 0.15) is 37.8 Å². The Bertz CT molecular complexity index is 1410. The van der Waals surface area contributed by atoms with Crippen LogP contribution in [0.5, 0.6) is 0 Å². The summed E-state index contributed by atoms with van der Waals surface area (Å²) in [4.78, 5) is 28.4. The monoisotopic (exact) mass is 667 g/mol. The fourth-order valence-corrected chi connectivity index (χ4v) is 6.13. The van der Waals surface area contributed by atoms with E-state index in [9.17, 15) is 18.0 Å². The molecule has 0 saturated heterocycles. The maximum Gasteiger partial charge on any atom is 0.264 e. The number of halogens is 3. The predicted molar refractivity (Wildman–Crippen MR) is 164 cm³/mol. The van der Waals surface area contributed by atoms with Crippen LogP contribution < -0.4 is 9.62 Å². The average Bonchev–Trinajstić information content (AvgIpc) is 2.90. The highest BCUT2D eigenvalue weighted by Crippen LogP contribution is 2.30. The molecule has 0 fully saturated rings. The maximum absolute atomic E-state index is 13.9. The minimum Gasteiger partial charge on any atom is -0.354 e. The zero-order valence-corrected chi connectivity index (χ0v) is 26.4. The number of amides is 2. The number of aryl methyl sites for hydroxylation is 1. The van der Waals surface area contributed by atoms with Crippen LogP contribution in [0.2, 0.25) is 10.0 Å². The number of carbonyl (C=O) groups is 2. The molecule has 3 aromatic carbocycles. The highest BCUT2D eigenvalue weighted by Gasteiger charge is 2.32. The van der Waals surface area contributed by atoms with Gasteiger partial charge in [-0.3, -0.25) is 13.9 Å². The van der Waals surface area contributed by atoms with Gasteiger partial charge in [0.15, 0.2) is 0 Å². The van der Waals surface area contributed by atoms with Gasteiger partial charge in [0.2, 0.25) is 11.8 Å². The van der Waals surface area contributed by atoms with Crippen LogP contribution in [0.15, 0.2) is 76.1 Å². The number of nitrogens with one attached hydrogen (secondary N) is 1. The second-order valence-electron chi connectivity index (χ2n) is 9.42. The topological polar surface area (TPSA) is 86.8 Å². The molecule has 40 heavy (non-hydrogen) atoms. The highest BCUT2D eigenvalue weighted by molar-refractivity contribution is 9.10. The van der Waals surface area contributed by atoms with Crippen molar-refractivity contribution in [2.24, 2.45) is 0 Å². The van der Waals surface area contributed by atoms with Gasteiger partial charge in [-0.15, -0.1) is 0 Å². The van der Waals surface area contributed by atoms with Gasteiger partial charge in [-0.05, 0) is 68.3 Å². The summed E-state index contributed by atoms with van der Waals surface area (Å²) in [6, 6.07) is 17.2. The molecule has 0 unspecified atom stereocenters. The normalized spacial score (nSPS) is 12.1. The summed E-state index contributed by atoms with van der Waals surface area (Å²) in [5.74, 6) is -0.884. The summed E-state index contributed by atoms with van der Waals surface area (Å²) in [5.41, 5.74) is 1.80. The van der Waals surface area contributed by atoms with Crippen LogP contribution >= 0.6 is 39.1 Å². The predicted octanol–water partition coefficient (Wildman–Crippen LogP) is 6.59. The van der Waals surface area contributed by atoms with E-state index in [0.717, 1.165) is 32.7 Å². The second kappa shape index (κ2) is 14.3. The molecule has 0 aliphatic carbocycles. The molecular weight excluding hydrogens is 637 g/mol. The molecule has 0 bridgehead atoms. The molecular formula is C29H32BrCl2N3O4S. The lowest BCUT2D eigenvalue weighted by atomic mass is 10.1. The minimum atomic E-state index is -4.21. The number of benzene rings is 3. The van der Waals surface area contributed by atoms with E-state index >= 15 is 0 Å². The molecule has 0 spiro atoms. The molecule has 214 valence electrons. The van der Waals surface area contributed by atoms with Crippen LogP contribution in [0.25, 0.3) is 0 Å². The Hall–Kier alpha value is -2.59. The first kappa shape index (κ1) is 31.9. The molecule has 0 saturated carbocycles. The Balaban J connectivity index is 2.03. The SMILES string of the molecule is CCCCNC(=O)[C@H](C)N(Cc1ccc(Br)cc1)C(=O)CN(c1cc(Cl)cc(Cl)c1)S(=O)(=O)c1ccc(C)cc1. The Morgan fingerprint density at radius 3 is 2.15 bits per heavy atom. The lowest BCUT2D eigenvalue weighted by Crippen LogP contribution is -2.51. The summed E-state index contributed by atoms with van der Waals surface area (Å²) in [6.45, 7) is 5.51. The standard InChI is InChI=1S/C29H32BrCl2N3O4S/c1-4-5-14-33-29(37)21(3)34(18-22-8-10-23(30)11-9-22)28(36)19-35(26-16-24(31)15-25(32)17-26)40(38,39)27-12-6-20(2)7-13-27/h6-13,15-17,21H,4-5,14,18-19H2,1-3H3,(H,33,37)/t21-/m0/s1. The number of anilines is 1. The van der Waals surface area contributed by atoms with Crippen molar-refractivity contribution in [1.29, 1.82) is 0 Å². The van der Waals surface area contributed by atoms with Crippen molar-refractivity contribution in [3.63, 3.8) is 0 Å². The number of hydrogen-bond donors (Lipinski definition) is 1. The molecule has 3 aromatic rings. The zero-order valence-electron chi connectivity index (χ0n) is 22.5. The summed E-state index contributed by atoms with van der Waals surface area (Å²) in [6.07, 6.45) is 1.71. The van der Waals surface area contributed by atoms with E-state index in [0.29, 0.717) is 6.54 Å². The minimum absolute atomic E-state index is 0.00631. The number of rotatable bonds is 12. The van der Waals surface area contributed by atoms with Crippen molar-refractivity contribution in [3.05, 3.63) is 92.4 Å². The van der Waals surface area contributed by atoms with E-state index in [4.69, 9.17) is 23.2 Å². The van der Waals surface area contributed by atoms with Gasteiger partial charge in [-0.25, -0.2) is 8.42 Å². The first-order chi connectivity index (χ1) is 18.9. The summed E-state index contributed by atoms with van der Waals surface area (Å²) < 4.78 is 29.6. The van der Waals surface area contributed by atoms with Gasteiger partial charge in [0, 0.05) is 27.6 Å². The van der Waals surface area contributed by atoms with Gasteiger partial charge < -0.3 is 10.2 Å². The van der Waals surface area contributed by atoms with Crippen molar-refractivity contribution in [2.75, 3.05) is 17.4 Å². The van der Waals surface area contributed by atoms with Crippen molar-refractivity contribution in [1.82, 2.24) is 10.2 Å². The van der Waals surface area contributed by atoms with Gasteiger partial charge in [-0.2, -0.15) is 0 Å². The second-order valence-corrected chi connectivity index (χ2v) is 13.1. The third-order valence-electron chi connectivity index (χ3n) is 6.29. The summed E-state index contributed by atoms with van der Waals surface area (Å²) in [7, 11) is -4.21. The van der Waals surface area contributed by atoms with Gasteiger partial charge in [-0.1, -0.05) is 82.3 Å². The molecule has 0 heterocycles. The van der Waals surface area contributed by atoms with Crippen molar-refractivity contribution in [3.8, 4) is 0 Å². The number of unbranched alkanes of at least 4 members (excludes halogenated alkanes) is 1. The molecule has 0 aliphatic rings. The first-order valence-corrected chi connectivity index (χ1v) is 15.8. The number of hydrogen-bond acceptors (Lipinski definition) is 4. The van der Waals surface area contributed by atoms with Crippen LogP contribution in [-0.2, 0) is 26.2 Å². The number of carbonyl (C=O) groups excluding carboxylic acids is 2. The van der Waals surface area contributed by atoms with E-state index < -0.39 is 28.5 Å². The quantitative estimate of drug-likeness (QED) is 0.221. The van der Waals surface area contributed by atoms with E-state index in [1.54, 1.807) is 19.1 Å². The third kappa shape index (κ3) is 8.46. The number of sulfonamides is 1.